The second-order valence-electron chi connectivity index (χ2n) is 11.9. The first kappa shape index (κ1) is 30.2. The highest BCUT2D eigenvalue weighted by Gasteiger charge is 2.77. The summed E-state index contributed by atoms with van der Waals surface area (Å²) in [6.45, 7) is 4.00. The highest BCUT2D eigenvalue weighted by Crippen LogP contribution is 2.60. The number of nitrogens with one attached hydrogen (secondary N) is 2. The minimum Gasteiger partial charge on any atom is -0.394 e. The van der Waals surface area contributed by atoms with E-state index >= 15 is 0 Å². The SMILES string of the molecule is O=C(NCCN1CCOCC1)C1N([C@@H](CO)Cc2ccccc2)C(=O)[C@@H]2[C@H](C(=O)NCc3ccccc3)[C@H]3OC12CC3Br. The van der Waals surface area contributed by atoms with Crippen LogP contribution >= 0.6 is 15.9 Å². The lowest BCUT2D eigenvalue weighted by molar-refractivity contribution is -0.145. The Bertz CT molecular complexity index is 1300. The molecule has 2 bridgehead atoms. The lowest BCUT2D eigenvalue weighted by Gasteiger charge is -2.37. The van der Waals surface area contributed by atoms with Crippen molar-refractivity contribution in [2.24, 2.45) is 11.8 Å². The van der Waals surface area contributed by atoms with Gasteiger partial charge >= 0.3 is 0 Å². The number of ether oxygens (including phenoxy) is 2. The molecule has 11 heteroatoms. The number of fused-ring (bicyclic) bond motifs is 1. The molecule has 3 amide bonds. The van der Waals surface area contributed by atoms with E-state index < -0.39 is 35.6 Å². The summed E-state index contributed by atoms with van der Waals surface area (Å²) >= 11 is 3.73. The Morgan fingerprint density at radius 2 is 1.67 bits per heavy atom. The highest BCUT2D eigenvalue weighted by atomic mass is 79.9. The van der Waals surface area contributed by atoms with Gasteiger partial charge in [0.2, 0.25) is 17.7 Å². The molecule has 0 radical (unpaired) electrons. The molecule has 4 heterocycles. The van der Waals surface area contributed by atoms with Crippen LogP contribution in [0.5, 0.6) is 0 Å². The number of hydrogen-bond donors (Lipinski definition) is 3. The molecule has 7 atom stereocenters. The Balaban J connectivity index is 1.28. The van der Waals surface area contributed by atoms with Gasteiger partial charge in [0.15, 0.2) is 0 Å². The van der Waals surface area contributed by atoms with Crippen LogP contribution in [0.1, 0.15) is 17.5 Å². The van der Waals surface area contributed by atoms with Crippen LogP contribution in [-0.2, 0) is 36.8 Å². The fourth-order valence-corrected chi connectivity index (χ4v) is 8.30. The Hall–Kier alpha value is -2.83. The van der Waals surface area contributed by atoms with Gasteiger partial charge in [-0.25, -0.2) is 0 Å². The average molecular weight is 656 g/mol. The number of aliphatic hydroxyl groups is 1. The summed E-state index contributed by atoms with van der Waals surface area (Å²) < 4.78 is 12.1. The number of carbonyl (C=O) groups is 3. The van der Waals surface area contributed by atoms with Gasteiger partial charge in [0.05, 0.1) is 43.8 Å². The minimum absolute atomic E-state index is 0.200. The van der Waals surface area contributed by atoms with Gasteiger partial charge in [0.25, 0.3) is 0 Å². The normalized spacial score (nSPS) is 30.7. The molecule has 4 aliphatic heterocycles. The van der Waals surface area contributed by atoms with Gasteiger partial charge in [-0.05, 0) is 24.0 Å². The molecule has 4 fully saturated rings. The Labute approximate surface area is 260 Å². The first-order valence-electron chi connectivity index (χ1n) is 15.1. The van der Waals surface area contributed by atoms with Gasteiger partial charge in [-0.2, -0.15) is 0 Å². The molecule has 3 N–H and O–H groups in total. The highest BCUT2D eigenvalue weighted by molar-refractivity contribution is 9.09. The summed E-state index contributed by atoms with van der Waals surface area (Å²) in [6.07, 6.45) is 0.241. The van der Waals surface area contributed by atoms with E-state index in [9.17, 15) is 19.5 Å². The van der Waals surface area contributed by atoms with Gasteiger partial charge in [-0.15, -0.1) is 0 Å². The first-order valence-corrected chi connectivity index (χ1v) is 16.0. The molecular formula is C32H39BrN4O6. The zero-order chi connectivity index (χ0) is 30.0. The van der Waals surface area contributed by atoms with E-state index in [-0.39, 0.29) is 29.2 Å². The predicted octanol–water partition coefficient (Wildman–Crippen LogP) is 1.10. The average Bonchev–Trinajstić information content (AvgIpc) is 3.63. The lowest BCUT2D eigenvalue weighted by Crippen LogP contribution is -2.59. The summed E-state index contributed by atoms with van der Waals surface area (Å²) in [4.78, 5) is 45.9. The topological polar surface area (TPSA) is 120 Å². The van der Waals surface area contributed by atoms with E-state index in [0.717, 1.165) is 24.2 Å². The van der Waals surface area contributed by atoms with Crippen LogP contribution in [0.2, 0.25) is 0 Å². The number of carbonyl (C=O) groups excluding carboxylic acids is 3. The van der Waals surface area contributed by atoms with Crippen molar-refractivity contribution in [3.63, 3.8) is 0 Å². The van der Waals surface area contributed by atoms with Gasteiger partial charge in [0, 0.05) is 37.6 Å². The molecule has 4 saturated heterocycles. The largest absolute Gasteiger partial charge is 0.394 e. The molecule has 10 nitrogen and oxygen atoms in total. The third-order valence-electron chi connectivity index (χ3n) is 9.34. The van der Waals surface area contributed by atoms with E-state index in [0.29, 0.717) is 45.7 Å². The fraction of sp³-hybridized carbons (Fsp3) is 0.531. The van der Waals surface area contributed by atoms with Gasteiger partial charge in [-0.3, -0.25) is 19.3 Å². The van der Waals surface area contributed by atoms with Crippen LogP contribution < -0.4 is 10.6 Å². The molecule has 0 aromatic heterocycles. The lowest BCUT2D eigenvalue weighted by atomic mass is 9.70. The standard InChI is InChI=1S/C32H39BrN4O6/c33-24-18-32-26(25(27(24)43-32)29(39)35-19-22-9-5-2-6-10-22)31(41)37(23(20-38)17-21-7-3-1-4-8-21)28(32)30(40)34-11-12-36-13-15-42-16-14-36/h1-10,23-28,38H,11-20H2,(H,34,40)(H,35,39)/t23-,24?,25+,26+,27+,28?,32?/m1/s1. The number of morpholine rings is 1. The number of alkyl halides is 1. The van der Waals surface area contributed by atoms with Crippen LogP contribution in [0.3, 0.4) is 0 Å². The molecule has 0 saturated carbocycles. The third kappa shape index (κ3) is 5.85. The molecule has 2 aromatic rings. The maximum atomic E-state index is 14.4. The number of hydrogen-bond acceptors (Lipinski definition) is 7. The number of aliphatic hydroxyl groups excluding tert-OH is 1. The second kappa shape index (κ2) is 13.0. The molecule has 6 rings (SSSR count). The molecule has 4 aliphatic rings. The summed E-state index contributed by atoms with van der Waals surface area (Å²) in [7, 11) is 0. The van der Waals surface area contributed by atoms with Gasteiger partial charge < -0.3 is 30.1 Å². The number of benzene rings is 2. The van der Waals surface area contributed by atoms with E-state index in [1.54, 1.807) is 0 Å². The molecule has 2 aromatic carbocycles. The smallest absolute Gasteiger partial charge is 0.245 e. The van der Waals surface area contributed by atoms with Crippen LogP contribution in [0.25, 0.3) is 0 Å². The van der Waals surface area contributed by atoms with Crippen molar-refractivity contribution < 1.29 is 29.0 Å². The Morgan fingerprint density at radius 3 is 2.35 bits per heavy atom. The van der Waals surface area contributed by atoms with Crippen molar-refractivity contribution in [1.29, 1.82) is 0 Å². The van der Waals surface area contributed by atoms with E-state index in [1.807, 2.05) is 60.7 Å². The fourth-order valence-electron chi connectivity index (χ4n) is 7.36. The predicted molar refractivity (Wildman–Crippen MR) is 162 cm³/mol. The number of halogens is 1. The maximum Gasteiger partial charge on any atom is 0.245 e. The summed E-state index contributed by atoms with van der Waals surface area (Å²) in [5.74, 6) is -2.50. The molecule has 230 valence electrons. The number of amides is 3. The molecule has 1 spiro atoms. The Morgan fingerprint density at radius 1 is 1.00 bits per heavy atom. The maximum absolute atomic E-state index is 14.4. The van der Waals surface area contributed by atoms with Crippen LogP contribution in [-0.4, -0.2) is 107 Å². The van der Waals surface area contributed by atoms with E-state index in [2.05, 4.69) is 31.5 Å². The summed E-state index contributed by atoms with van der Waals surface area (Å²) in [5, 5.41) is 16.7. The summed E-state index contributed by atoms with van der Waals surface area (Å²) in [6, 6.07) is 17.6. The quantitative estimate of drug-likeness (QED) is 0.311. The second-order valence-corrected chi connectivity index (χ2v) is 13.1. The number of likely N-dealkylation sites (tertiary alicyclic amines) is 1. The van der Waals surface area contributed by atoms with Crippen molar-refractivity contribution >= 4 is 33.7 Å². The van der Waals surface area contributed by atoms with Crippen molar-refractivity contribution in [2.45, 2.75) is 48.0 Å². The van der Waals surface area contributed by atoms with E-state index in [1.165, 1.54) is 4.90 Å². The van der Waals surface area contributed by atoms with Crippen LogP contribution in [0.15, 0.2) is 60.7 Å². The molecular weight excluding hydrogens is 616 g/mol. The number of rotatable bonds is 11. The Kier molecular flexibility index (Phi) is 9.16. The summed E-state index contributed by atoms with van der Waals surface area (Å²) in [5.41, 5.74) is 0.707. The van der Waals surface area contributed by atoms with Crippen molar-refractivity contribution in [2.75, 3.05) is 46.0 Å². The van der Waals surface area contributed by atoms with Crippen LogP contribution in [0.4, 0.5) is 0 Å². The van der Waals surface area contributed by atoms with Crippen molar-refractivity contribution in [3.8, 4) is 0 Å². The van der Waals surface area contributed by atoms with Crippen molar-refractivity contribution in [1.82, 2.24) is 20.4 Å². The van der Waals surface area contributed by atoms with Gasteiger partial charge in [-0.1, -0.05) is 76.6 Å². The zero-order valence-electron chi connectivity index (χ0n) is 24.1. The minimum atomic E-state index is -1.18. The van der Waals surface area contributed by atoms with E-state index in [4.69, 9.17) is 9.47 Å². The van der Waals surface area contributed by atoms with Crippen molar-refractivity contribution in [3.05, 3.63) is 71.8 Å². The number of nitrogens with zero attached hydrogens (tertiary/aromatic N) is 2. The monoisotopic (exact) mass is 654 g/mol. The first-order chi connectivity index (χ1) is 20.9. The van der Waals surface area contributed by atoms with Crippen LogP contribution in [0, 0.1) is 11.8 Å². The van der Waals surface area contributed by atoms with Gasteiger partial charge in [0.1, 0.15) is 11.6 Å². The molecule has 0 aliphatic carbocycles. The zero-order valence-corrected chi connectivity index (χ0v) is 25.7. The molecule has 3 unspecified atom stereocenters. The molecule has 43 heavy (non-hydrogen) atoms. The third-order valence-corrected chi connectivity index (χ3v) is 10.2.